The highest BCUT2D eigenvalue weighted by Gasteiger charge is 2.09. The Hall–Kier alpha value is -1.39. The second-order valence-electron chi connectivity index (χ2n) is 3.88. The number of hydrogen-bond acceptors (Lipinski definition) is 3. The molecule has 2 nitrogen and oxygen atoms in total. The SMILES string of the molecule is CN(Cc1cccs1)c1ccc(CO)cc1F. The van der Waals surface area contributed by atoms with E-state index in [1.807, 2.05) is 29.5 Å². The summed E-state index contributed by atoms with van der Waals surface area (Å²) in [6.45, 7) is 0.554. The first kappa shape index (κ1) is 12.1. The standard InChI is InChI=1S/C13H14FNOS/c1-15(8-11-3-2-6-17-11)13-5-4-10(9-16)7-12(13)14/h2-7,16H,8-9H2,1H3. The van der Waals surface area contributed by atoms with Crippen molar-refractivity contribution in [1.82, 2.24) is 0 Å². The molecule has 1 heterocycles. The maximum Gasteiger partial charge on any atom is 0.146 e. The van der Waals surface area contributed by atoms with E-state index in [0.717, 1.165) is 0 Å². The summed E-state index contributed by atoms with van der Waals surface area (Å²) in [4.78, 5) is 3.06. The van der Waals surface area contributed by atoms with Crippen LogP contribution >= 0.6 is 11.3 Å². The summed E-state index contributed by atoms with van der Waals surface area (Å²) in [6.07, 6.45) is 0. The fraction of sp³-hybridized carbons (Fsp3) is 0.231. The monoisotopic (exact) mass is 251 g/mol. The van der Waals surface area contributed by atoms with Crippen LogP contribution in [0.1, 0.15) is 10.4 Å². The molecule has 0 spiro atoms. The molecule has 1 aromatic carbocycles. The van der Waals surface area contributed by atoms with Crippen LogP contribution in [0.25, 0.3) is 0 Å². The second-order valence-corrected chi connectivity index (χ2v) is 4.91. The molecule has 0 radical (unpaired) electrons. The molecule has 0 atom stereocenters. The summed E-state index contributed by atoms with van der Waals surface area (Å²) >= 11 is 1.66. The molecule has 4 heteroatoms. The first-order valence-corrected chi connectivity index (χ1v) is 6.21. The predicted octanol–water partition coefficient (Wildman–Crippen LogP) is 3.02. The van der Waals surface area contributed by atoms with Gasteiger partial charge in [-0.1, -0.05) is 12.1 Å². The van der Waals surface area contributed by atoms with Gasteiger partial charge in [0.25, 0.3) is 0 Å². The zero-order valence-corrected chi connectivity index (χ0v) is 10.4. The number of benzene rings is 1. The minimum atomic E-state index is -0.296. The first-order chi connectivity index (χ1) is 8.20. The molecule has 0 aliphatic heterocycles. The van der Waals surface area contributed by atoms with Crippen LogP contribution in [0.2, 0.25) is 0 Å². The number of nitrogens with zero attached hydrogens (tertiary/aromatic N) is 1. The van der Waals surface area contributed by atoms with Crippen LogP contribution in [0.15, 0.2) is 35.7 Å². The van der Waals surface area contributed by atoms with E-state index in [1.54, 1.807) is 23.5 Å². The van der Waals surface area contributed by atoms with Crippen LogP contribution < -0.4 is 4.90 Å². The van der Waals surface area contributed by atoms with E-state index in [0.29, 0.717) is 17.8 Å². The molecule has 0 aliphatic carbocycles. The lowest BCUT2D eigenvalue weighted by Gasteiger charge is -2.19. The maximum absolute atomic E-state index is 13.8. The highest BCUT2D eigenvalue weighted by molar-refractivity contribution is 7.09. The van der Waals surface area contributed by atoms with Crippen molar-refractivity contribution in [3.63, 3.8) is 0 Å². The molecular weight excluding hydrogens is 237 g/mol. The third kappa shape index (κ3) is 2.84. The fourth-order valence-corrected chi connectivity index (χ4v) is 2.44. The molecule has 0 aliphatic rings. The van der Waals surface area contributed by atoms with Gasteiger partial charge in [0.1, 0.15) is 5.82 Å². The summed E-state index contributed by atoms with van der Waals surface area (Å²) < 4.78 is 13.8. The van der Waals surface area contributed by atoms with Crippen molar-refractivity contribution in [2.75, 3.05) is 11.9 Å². The van der Waals surface area contributed by atoms with Crippen LogP contribution in [0.3, 0.4) is 0 Å². The Morgan fingerprint density at radius 2 is 2.18 bits per heavy atom. The number of halogens is 1. The van der Waals surface area contributed by atoms with Gasteiger partial charge in [-0.2, -0.15) is 0 Å². The number of aliphatic hydroxyl groups is 1. The molecule has 0 fully saturated rings. The van der Waals surface area contributed by atoms with Gasteiger partial charge in [0.05, 0.1) is 18.8 Å². The van der Waals surface area contributed by atoms with Crippen LogP contribution in [0.4, 0.5) is 10.1 Å². The predicted molar refractivity (Wildman–Crippen MR) is 68.7 cm³/mol. The smallest absolute Gasteiger partial charge is 0.146 e. The van der Waals surface area contributed by atoms with Crippen molar-refractivity contribution in [3.05, 3.63) is 52.0 Å². The van der Waals surface area contributed by atoms with Crippen molar-refractivity contribution >= 4 is 17.0 Å². The fourth-order valence-electron chi connectivity index (χ4n) is 1.68. The summed E-state index contributed by atoms with van der Waals surface area (Å²) in [5, 5.41) is 10.9. The van der Waals surface area contributed by atoms with Crippen molar-refractivity contribution in [2.45, 2.75) is 13.2 Å². The molecule has 0 unspecified atom stereocenters. The van der Waals surface area contributed by atoms with Gasteiger partial charge in [-0.3, -0.25) is 0 Å². The average molecular weight is 251 g/mol. The van der Waals surface area contributed by atoms with E-state index in [2.05, 4.69) is 0 Å². The Morgan fingerprint density at radius 1 is 1.35 bits per heavy atom. The van der Waals surface area contributed by atoms with E-state index in [-0.39, 0.29) is 12.4 Å². The minimum absolute atomic E-state index is 0.133. The lowest BCUT2D eigenvalue weighted by molar-refractivity contribution is 0.281. The van der Waals surface area contributed by atoms with Crippen LogP contribution in [0.5, 0.6) is 0 Å². The molecule has 2 rings (SSSR count). The third-order valence-electron chi connectivity index (χ3n) is 2.58. The number of rotatable bonds is 4. The van der Waals surface area contributed by atoms with Gasteiger partial charge in [-0.25, -0.2) is 4.39 Å². The van der Waals surface area contributed by atoms with Crippen molar-refractivity contribution < 1.29 is 9.50 Å². The van der Waals surface area contributed by atoms with E-state index in [4.69, 9.17) is 5.11 Å². The van der Waals surface area contributed by atoms with Gasteiger partial charge in [-0.05, 0) is 29.1 Å². The second kappa shape index (κ2) is 5.29. The van der Waals surface area contributed by atoms with Crippen LogP contribution in [-0.2, 0) is 13.2 Å². The van der Waals surface area contributed by atoms with Crippen molar-refractivity contribution in [3.8, 4) is 0 Å². The Kier molecular flexibility index (Phi) is 3.76. The quantitative estimate of drug-likeness (QED) is 0.903. The van der Waals surface area contributed by atoms with Crippen LogP contribution in [-0.4, -0.2) is 12.2 Å². The molecule has 2 aromatic rings. The Morgan fingerprint density at radius 3 is 2.76 bits per heavy atom. The highest BCUT2D eigenvalue weighted by atomic mass is 32.1. The molecule has 0 bridgehead atoms. The zero-order valence-electron chi connectivity index (χ0n) is 9.56. The van der Waals surface area contributed by atoms with Gasteiger partial charge in [0.15, 0.2) is 0 Å². The van der Waals surface area contributed by atoms with Gasteiger partial charge in [0, 0.05) is 11.9 Å². The Bertz CT molecular complexity index is 484. The molecule has 0 amide bonds. The molecule has 0 saturated heterocycles. The lowest BCUT2D eigenvalue weighted by Crippen LogP contribution is -2.17. The normalized spacial score (nSPS) is 10.5. The van der Waals surface area contributed by atoms with Gasteiger partial charge < -0.3 is 10.0 Å². The lowest BCUT2D eigenvalue weighted by atomic mass is 10.2. The Balaban J connectivity index is 2.16. The number of hydrogen-bond donors (Lipinski definition) is 1. The van der Waals surface area contributed by atoms with E-state index in [1.165, 1.54) is 10.9 Å². The minimum Gasteiger partial charge on any atom is -0.392 e. The summed E-state index contributed by atoms with van der Waals surface area (Å²) in [5.41, 5.74) is 1.14. The van der Waals surface area contributed by atoms with Gasteiger partial charge >= 0.3 is 0 Å². The first-order valence-electron chi connectivity index (χ1n) is 5.33. The summed E-state index contributed by atoms with van der Waals surface area (Å²) in [5.74, 6) is -0.296. The van der Waals surface area contributed by atoms with Crippen molar-refractivity contribution in [1.29, 1.82) is 0 Å². The molecule has 1 N–H and O–H groups in total. The van der Waals surface area contributed by atoms with Crippen LogP contribution in [0, 0.1) is 5.82 Å². The molecule has 0 saturated carbocycles. The number of anilines is 1. The number of thiophene rings is 1. The molecule has 17 heavy (non-hydrogen) atoms. The number of aliphatic hydroxyl groups excluding tert-OH is 1. The van der Waals surface area contributed by atoms with E-state index < -0.39 is 0 Å². The van der Waals surface area contributed by atoms with E-state index in [9.17, 15) is 4.39 Å². The molecular formula is C13H14FNOS. The van der Waals surface area contributed by atoms with E-state index >= 15 is 0 Å². The topological polar surface area (TPSA) is 23.5 Å². The molecule has 90 valence electrons. The van der Waals surface area contributed by atoms with Gasteiger partial charge in [0.2, 0.25) is 0 Å². The highest BCUT2D eigenvalue weighted by Crippen LogP contribution is 2.22. The largest absolute Gasteiger partial charge is 0.392 e. The summed E-state index contributed by atoms with van der Waals surface area (Å²) in [6, 6.07) is 8.83. The van der Waals surface area contributed by atoms with Gasteiger partial charge in [-0.15, -0.1) is 11.3 Å². The zero-order chi connectivity index (χ0) is 12.3. The Labute approximate surface area is 104 Å². The third-order valence-corrected chi connectivity index (χ3v) is 3.44. The summed E-state index contributed by atoms with van der Waals surface area (Å²) in [7, 11) is 1.86. The maximum atomic E-state index is 13.8. The van der Waals surface area contributed by atoms with Crippen molar-refractivity contribution in [2.24, 2.45) is 0 Å². The average Bonchev–Trinajstić information content (AvgIpc) is 2.81. The molecule has 1 aromatic heterocycles.